The third kappa shape index (κ3) is 6.21. The van der Waals surface area contributed by atoms with Crippen LogP contribution in [0.15, 0.2) is 0 Å². The summed E-state index contributed by atoms with van der Waals surface area (Å²) in [5.74, 6) is 0.750. The molecule has 5 nitrogen and oxygen atoms in total. The van der Waals surface area contributed by atoms with E-state index in [1.807, 2.05) is 6.92 Å². The second-order valence-corrected chi connectivity index (χ2v) is 7.36. The van der Waals surface area contributed by atoms with Crippen LogP contribution >= 0.6 is 0 Å². The van der Waals surface area contributed by atoms with Gasteiger partial charge in [0.2, 0.25) is 10.0 Å². The lowest BCUT2D eigenvalue weighted by Crippen LogP contribution is -2.37. The first-order valence-electron chi connectivity index (χ1n) is 7.39. The Morgan fingerprint density at radius 2 is 1.95 bits per heavy atom. The zero-order valence-corrected chi connectivity index (χ0v) is 12.8. The topological polar surface area (TPSA) is 69.6 Å². The first kappa shape index (κ1) is 16.9. The summed E-state index contributed by atoms with van der Waals surface area (Å²) in [5, 5.41) is 12.3. The van der Waals surface area contributed by atoms with Crippen LogP contribution in [0.5, 0.6) is 0 Å². The van der Waals surface area contributed by atoms with Gasteiger partial charge < -0.3 is 10.4 Å². The maximum Gasteiger partial charge on any atom is 0.214 e. The molecule has 1 saturated heterocycles. The summed E-state index contributed by atoms with van der Waals surface area (Å²) < 4.78 is 26.0. The Bertz CT molecular complexity index is 327. The Morgan fingerprint density at radius 3 is 2.53 bits per heavy atom. The fourth-order valence-corrected chi connectivity index (χ4v) is 4.11. The van der Waals surface area contributed by atoms with Gasteiger partial charge in [-0.05, 0) is 44.7 Å². The summed E-state index contributed by atoms with van der Waals surface area (Å²) in [6.45, 7) is 4.71. The number of aliphatic hydroxyl groups is 1. The van der Waals surface area contributed by atoms with Crippen molar-refractivity contribution in [1.82, 2.24) is 9.62 Å². The fourth-order valence-electron chi connectivity index (χ4n) is 2.45. The maximum atomic E-state index is 12.3. The van der Waals surface area contributed by atoms with Gasteiger partial charge in [-0.25, -0.2) is 8.42 Å². The van der Waals surface area contributed by atoms with Gasteiger partial charge in [-0.15, -0.1) is 0 Å². The van der Waals surface area contributed by atoms with Crippen LogP contribution in [0.4, 0.5) is 0 Å². The van der Waals surface area contributed by atoms with Gasteiger partial charge in [-0.1, -0.05) is 13.3 Å². The number of nitrogens with zero attached hydrogens (tertiary/aromatic N) is 1. The van der Waals surface area contributed by atoms with Crippen molar-refractivity contribution in [2.75, 3.05) is 38.5 Å². The predicted molar refractivity (Wildman–Crippen MR) is 77.6 cm³/mol. The van der Waals surface area contributed by atoms with Crippen molar-refractivity contribution < 1.29 is 13.5 Å². The fraction of sp³-hybridized carbons (Fsp3) is 1.00. The Kier molecular flexibility index (Phi) is 7.90. The summed E-state index contributed by atoms with van der Waals surface area (Å²) in [7, 11) is -3.20. The third-order valence-corrected chi connectivity index (χ3v) is 5.65. The van der Waals surface area contributed by atoms with Crippen molar-refractivity contribution >= 4 is 10.0 Å². The molecular weight excluding hydrogens is 264 g/mol. The number of hydrogen-bond acceptors (Lipinski definition) is 4. The smallest absolute Gasteiger partial charge is 0.214 e. The Morgan fingerprint density at radius 1 is 1.26 bits per heavy atom. The van der Waals surface area contributed by atoms with Gasteiger partial charge in [0.15, 0.2) is 0 Å². The number of piperidine rings is 1. The molecule has 0 unspecified atom stereocenters. The summed E-state index contributed by atoms with van der Waals surface area (Å²) in [6, 6.07) is 0. The Labute approximate surface area is 117 Å². The molecule has 0 bridgehead atoms. The molecule has 0 spiro atoms. The molecule has 114 valence electrons. The third-order valence-electron chi connectivity index (χ3n) is 3.75. The van der Waals surface area contributed by atoms with Crippen LogP contribution in [0.3, 0.4) is 0 Å². The molecular formula is C13H28N2O3S. The largest absolute Gasteiger partial charge is 0.395 e. The molecule has 0 radical (unpaired) electrons. The minimum Gasteiger partial charge on any atom is -0.395 e. The average molecular weight is 292 g/mol. The molecule has 0 saturated carbocycles. The van der Waals surface area contributed by atoms with Gasteiger partial charge in [-0.3, -0.25) is 0 Å². The van der Waals surface area contributed by atoms with E-state index in [1.165, 1.54) is 4.31 Å². The molecule has 1 heterocycles. The van der Waals surface area contributed by atoms with Crippen LogP contribution in [0.1, 0.15) is 39.0 Å². The molecule has 0 aromatic rings. The van der Waals surface area contributed by atoms with Crippen molar-refractivity contribution in [3.63, 3.8) is 0 Å². The SMILES string of the molecule is CCCCN(CCO)S(=O)(=O)CCC1CCNCC1. The number of aliphatic hydroxyl groups excluding tert-OH is 1. The van der Waals surface area contributed by atoms with E-state index in [-0.39, 0.29) is 18.9 Å². The predicted octanol–water partition coefficient (Wildman–Crippen LogP) is 0.800. The average Bonchev–Trinajstić information content (AvgIpc) is 2.42. The second-order valence-electron chi connectivity index (χ2n) is 5.27. The molecule has 19 heavy (non-hydrogen) atoms. The molecule has 2 N–H and O–H groups in total. The van der Waals surface area contributed by atoms with Gasteiger partial charge in [0.1, 0.15) is 0 Å². The molecule has 1 fully saturated rings. The number of sulfonamides is 1. The summed E-state index contributed by atoms with van der Waals surface area (Å²) >= 11 is 0. The summed E-state index contributed by atoms with van der Waals surface area (Å²) in [5.41, 5.74) is 0. The van der Waals surface area contributed by atoms with Crippen LogP contribution < -0.4 is 5.32 Å². The van der Waals surface area contributed by atoms with E-state index < -0.39 is 10.0 Å². The second kappa shape index (κ2) is 8.89. The van der Waals surface area contributed by atoms with Gasteiger partial charge >= 0.3 is 0 Å². The van der Waals surface area contributed by atoms with E-state index >= 15 is 0 Å². The minimum absolute atomic E-state index is 0.101. The van der Waals surface area contributed by atoms with E-state index in [2.05, 4.69) is 5.32 Å². The number of nitrogens with one attached hydrogen (secondary N) is 1. The first-order chi connectivity index (χ1) is 9.10. The van der Waals surface area contributed by atoms with Gasteiger partial charge in [0, 0.05) is 13.1 Å². The lowest BCUT2D eigenvalue weighted by atomic mass is 9.96. The molecule has 6 heteroatoms. The van der Waals surface area contributed by atoms with Crippen LogP contribution in [-0.2, 0) is 10.0 Å². The van der Waals surface area contributed by atoms with E-state index in [4.69, 9.17) is 5.11 Å². The summed E-state index contributed by atoms with van der Waals surface area (Å²) in [6.07, 6.45) is 4.71. The zero-order chi connectivity index (χ0) is 14.1. The quantitative estimate of drug-likeness (QED) is 0.659. The lowest BCUT2D eigenvalue weighted by Gasteiger charge is -2.25. The highest BCUT2D eigenvalue weighted by molar-refractivity contribution is 7.89. The molecule has 0 aromatic heterocycles. The van der Waals surface area contributed by atoms with Crippen molar-refractivity contribution in [1.29, 1.82) is 0 Å². The molecule has 1 aliphatic heterocycles. The van der Waals surface area contributed by atoms with E-state index in [9.17, 15) is 8.42 Å². The molecule has 0 aromatic carbocycles. The highest BCUT2D eigenvalue weighted by Gasteiger charge is 2.23. The van der Waals surface area contributed by atoms with Crippen molar-refractivity contribution in [3.8, 4) is 0 Å². The highest BCUT2D eigenvalue weighted by Crippen LogP contribution is 2.18. The zero-order valence-electron chi connectivity index (χ0n) is 12.0. The van der Waals surface area contributed by atoms with Crippen LogP contribution in [0.2, 0.25) is 0 Å². The normalized spacial score (nSPS) is 18.1. The molecule has 0 aliphatic carbocycles. The Balaban J connectivity index is 2.45. The lowest BCUT2D eigenvalue weighted by molar-refractivity contribution is 0.251. The van der Waals surface area contributed by atoms with Crippen molar-refractivity contribution in [2.24, 2.45) is 5.92 Å². The van der Waals surface area contributed by atoms with Crippen molar-refractivity contribution in [2.45, 2.75) is 39.0 Å². The van der Waals surface area contributed by atoms with Gasteiger partial charge in [0.05, 0.1) is 12.4 Å². The highest BCUT2D eigenvalue weighted by atomic mass is 32.2. The number of hydrogen-bond donors (Lipinski definition) is 2. The number of unbranched alkanes of at least 4 members (excludes halogenated alkanes) is 1. The molecule has 1 rings (SSSR count). The first-order valence-corrected chi connectivity index (χ1v) is 9.00. The Hall–Kier alpha value is -0.170. The van der Waals surface area contributed by atoms with Crippen molar-refractivity contribution in [3.05, 3.63) is 0 Å². The van der Waals surface area contributed by atoms with Crippen LogP contribution in [0, 0.1) is 5.92 Å². The minimum atomic E-state index is -3.20. The van der Waals surface area contributed by atoms with Gasteiger partial charge in [0.25, 0.3) is 0 Å². The van der Waals surface area contributed by atoms with Crippen LogP contribution in [0.25, 0.3) is 0 Å². The molecule has 0 amide bonds. The molecule has 1 aliphatic rings. The maximum absolute atomic E-state index is 12.3. The standard InChI is InChI=1S/C13H28N2O3S/c1-2-3-9-15(10-11-16)19(17,18)12-6-13-4-7-14-8-5-13/h13-14,16H,2-12H2,1H3. The van der Waals surface area contributed by atoms with E-state index in [0.29, 0.717) is 12.5 Å². The summed E-state index contributed by atoms with van der Waals surface area (Å²) in [4.78, 5) is 0. The van der Waals surface area contributed by atoms with Crippen LogP contribution in [-0.4, -0.2) is 56.4 Å². The number of rotatable bonds is 9. The van der Waals surface area contributed by atoms with E-state index in [0.717, 1.165) is 45.2 Å². The molecule has 0 atom stereocenters. The monoisotopic (exact) mass is 292 g/mol. The van der Waals surface area contributed by atoms with E-state index in [1.54, 1.807) is 0 Å². The van der Waals surface area contributed by atoms with Gasteiger partial charge in [-0.2, -0.15) is 4.31 Å².